The zero-order valence-corrected chi connectivity index (χ0v) is 10.9. The summed E-state index contributed by atoms with van der Waals surface area (Å²) in [6, 6.07) is 9.06. The average Bonchev–Trinajstić information content (AvgIpc) is 2.44. The lowest BCUT2D eigenvalue weighted by molar-refractivity contribution is -0.144. The molecule has 0 aliphatic rings. The first-order valence-corrected chi connectivity index (χ1v) is 6.17. The molecule has 0 bridgehead atoms. The van der Waals surface area contributed by atoms with E-state index in [2.05, 4.69) is 4.99 Å². The van der Waals surface area contributed by atoms with Crippen molar-refractivity contribution in [3.63, 3.8) is 0 Å². The number of phenols is 1. The van der Waals surface area contributed by atoms with Crippen molar-refractivity contribution in [3.8, 4) is 5.75 Å². The fraction of sp³-hybridized carbons (Fsp3) is 0.133. The third-order valence-corrected chi connectivity index (χ3v) is 2.98. The summed E-state index contributed by atoms with van der Waals surface area (Å²) in [4.78, 5) is 25.4. The third kappa shape index (κ3) is 3.36. The summed E-state index contributed by atoms with van der Waals surface area (Å²) in [5, 5.41) is 29.1. The van der Waals surface area contributed by atoms with Gasteiger partial charge in [0.2, 0.25) is 0 Å². The van der Waals surface area contributed by atoms with Crippen LogP contribution in [-0.4, -0.2) is 39.5 Å². The number of rotatable bonds is 5. The molecule has 108 valence electrons. The topological polar surface area (TPSA) is 107 Å². The fourth-order valence-corrected chi connectivity index (χ4v) is 1.95. The summed E-state index contributed by atoms with van der Waals surface area (Å²) in [6.45, 7) is 0. The molecule has 6 heteroatoms. The Hall–Kier alpha value is -2.89. The fourth-order valence-electron chi connectivity index (χ4n) is 1.95. The zero-order valence-electron chi connectivity index (χ0n) is 10.9. The first-order valence-electron chi connectivity index (χ1n) is 6.17. The van der Waals surface area contributed by atoms with Gasteiger partial charge in [-0.25, -0.2) is 4.79 Å². The normalized spacial score (nSPS) is 12.6. The van der Waals surface area contributed by atoms with Crippen LogP contribution in [0.5, 0.6) is 5.75 Å². The van der Waals surface area contributed by atoms with Crippen molar-refractivity contribution in [2.75, 3.05) is 0 Å². The van der Waals surface area contributed by atoms with Crippen LogP contribution in [0.3, 0.4) is 0 Å². The molecule has 2 aromatic rings. The van der Waals surface area contributed by atoms with Crippen LogP contribution in [0.25, 0.3) is 10.8 Å². The van der Waals surface area contributed by atoms with Crippen LogP contribution in [0.1, 0.15) is 12.0 Å². The molecule has 0 fully saturated rings. The first-order chi connectivity index (χ1) is 9.99. The highest BCUT2D eigenvalue weighted by atomic mass is 16.4. The van der Waals surface area contributed by atoms with Gasteiger partial charge in [-0.05, 0) is 16.8 Å². The van der Waals surface area contributed by atoms with E-state index in [0.717, 1.165) is 5.39 Å². The Bertz CT molecular complexity index is 723. The van der Waals surface area contributed by atoms with Crippen LogP contribution in [0.4, 0.5) is 0 Å². The quantitative estimate of drug-likeness (QED) is 0.728. The Morgan fingerprint density at radius 2 is 1.86 bits per heavy atom. The highest BCUT2D eigenvalue weighted by molar-refractivity contribution is 6.02. The highest BCUT2D eigenvalue weighted by Gasteiger charge is 2.19. The highest BCUT2D eigenvalue weighted by Crippen LogP contribution is 2.25. The van der Waals surface area contributed by atoms with E-state index in [0.29, 0.717) is 10.9 Å². The van der Waals surface area contributed by atoms with E-state index in [-0.39, 0.29) is 5.75 Å². The van der Waals surface area contributed by atoms with Crippen LogP contribution >= 0.6 is 0 Å². The third-order valence-electron chi connectivity index (χ3n) is 2.98. The number of carboxylic acid groups (broad SMARTS) is 2. The van der Waals surface area contributed by atoms with Gasteiger partial charge in [-0.1, -0.05) is 30.3 Å². The van der Waals surface area contributed by atoms with E-state index in [1.165, 1.54) is 12.3 Å². The number of hydrogen-bond acceptors (Lipinski definition) is 4. The molecular weight excluding hydrogens is 274 g/mol. The van der Waals surface area contributed by atoms with E-state index in [9.17, 15) is 14.7 Å². The number of phenolic OH excluding ortho intramolecular Hbond substituents is 1. The zero-order chi connectivity index (χ0) is 15.4. The number of hydrogen-bond donors (Lipinski definition) is 3. The van der Waals surface area contributed by atoms with Crippen LogP contribution < -0.4 is 0 Å². The predicted octanol–water partition coefficient (Wildman–Crippen LogP) is 1.89. The number of aliphatic imine (C=N–C) groups is 1. The van der Waals surface area contributed by atoms with Crippen LogP contribution in [0.2, 0.25) is 0 Å². The maximum atomic E-state index is 11.0. The van der Waals surface area contributed by atoms with Gasteiger partial charge in [0.25, 0.3) is 0 Å². The predicted molar refractivity (Wildman–Crippen MR) is 76.9 cm³/mol. The summed E-state index contributed by atoms with van der Waals surface area (Å²) < 4.78 is 0. The van der Waals surface area contributed by atoms with Gasteiger partial charge in [-0.15, -0.1) is 0 Å². The Labute approximate surface area is 120 Å². The number of benzene rings is 2. The second-order valence-electron chi connectivity index (χ2n) is 4.45. The van der Waals surface area contributed by atoms with Crippen molar-refractivity contribution in [2.45, 2.75) is 12.5 Å². The molecule has 2 rings (SSSR count). The van der Waals surface area contributed by atoms with Gasteiger partial charge in [-0.2, -0.15) is 0 Å². The summed E-state index contributed by atoms with van der Waals surface area (Å²) in [6.07, 6.45) is 0.594. The lowest BCUT2D eigenvalue weighted by Gasteiger charge is -2.07. The first kappa shape index (κ1) is 14.5. The minimum Gasteiger partial charge on any atom is -0.507 e. The average molecular weight is 287 g/mol. The molecule has 3 N–H and O–H groups in total. The summed E-state index contributed by atoms with van der Waals surface area (Å²) in [5.41, 5.74) is 0.365. The summed E-state index contributed by atoms with van der Waals surface area (Å²) in [7, 11) is 0. The van der Waals surface area contributed by atoms with Crippen molar-refractivity contribution in [2.24, 2.45) is 4.99 Å². The Balaban J connectivity index is 2.42. The van der Waals surface area contributed by atoms with Gasteiger partial charge in [-0.3, -0.25) is 9.79 Å². The van der Waals surface area contributed by atoms with E-state index in [4.69, 9.17) is 10.2 Å². The number of aliphatic carboxylic acids is 2. The lowest BCUT2D eigenvalue weighted by Crippen LogP contribution is -2.21. The molecule has 0 amide bonds. The Morgan fingerprint density at radius 3 is 2.52 bits per heavy atom. The SMILES string of the molecule is O=C(O)C[C@H](N=Cc1c(O)ccc2ccccc12)C(=O)O. The number of nitrogens with zero attached hydrogens (tertiary/aromatic N) is 1. The van der Waals surface area contributed by atoms with E-state index in [1.54, 1.807) is 18.2 Å². The number of fused-ring (bicyclic) bond motifs is 1. The molecule has 0 heterocycles. The molecule has 0 unspecified atom stereocenters. The van der Waals surface area contributed by atoms with Crippen LogP contribution in [0, 0.1) is 0 Å². The standard InChI is InChI=1S/C15H13NO5/c17-13-6-5-9-3-1-2-4-10(9)11(13)8-16-12(15(20)21)7-14(18)19/h1-6,8,12,17H,7H2,(H,18,19)(H,20,21)/t12-/m0/s1. The molecule has 0 aromatic heterocycles. The van der Waals surface area contributed by atoms with Gasteiger partial charge >= 0.3 is 11.9 Å². The smallest absolute Gasteiger partial charge is 0.329 e. The van der Waals surface area contributed by atoms with Gasteiger partial charge in [0.15, 0.2) is 6.04 Å². The number of carbonyl (C=O) groups is 2. The maximum absolute atomic E-state index is 11.0. The van der Waals surface area contributed by atoms with Crippen molar-refractivity contribution in [1.82, 2.24) is 0 Å². The minimum atomic E-state index is -1.39. The molecule has 0 saturated heterocycles. The van der Waals surface area contributed by atoms with Crippen LogP contribution in [-0.2, 0) is 9.59 Å². The van der Waals surface area contributed by atoms with Crippen molar-refractivity contribution in [3.05, 3.63) is 42.0 Å². The molecule has 0 aliphatic heterocycles. The molecule has 0 aliphatic carbocycles. The maximum Gasteiger partial charge on any atom is 0.329 e. The van der Waals surface area contributed by atoms with Gasteiger partial charge in [0.05, 0.1) is 6.42 Å². The largest absolute Gasteiger partial charge is 0.507 e. The summed E-state index contributed by atoms with van der Waals surface area (Å²) >= 11 is 0. The van der Waals surface area contributed by atoms with Gasteiger partial charge in [0, 0.05) is 11.8 Å². The molecule has 0 saturated carbocycles. The summed E-state index contributed by atoms with van der Waals surface area (Å²) in [5.74, 6) is -2.62. The number of aromatic hydroxyl groups is 1. The molecule has 6 nitrogen and oxygen atoms in total. The monoisotopic (exact) mass is 287 g/mol. The molecule has 0 radical (unpaired) electrons. The Morgan fingerprint density at radius 1 is 1.14 bits per heavy atom. The Kier molecular flexibility index (Phi) is 4.18. The molecule has 21 heavy (non-hydrogen) atoms. The molecule has 0 spiro atoms. The molecule has 2 aromatic carbocycles. The van der Waals surface area contributed by atoms with E-state index in [1.807, 2.05) is 12.1 Å². The molecule has 1 atom stereocenters. The molecular formula is C15H13NO5. The van der Waals surface area contributed by atoms with Crippen molar-refractivity contribution >= 4 is 28.9 Å². The minimum absolute atomic E-state index is 0.0445. The number of carboxylic acids is 2. The second-order valence-corrected chi connectivity index (χ2v) is 4.45. The van der Waals surface area contributed by atoms with E-state index < -0.39 is 24.4 Å². The second kappa shape index (κ2) is 6.04. The van der Waals surface area contributed by atoms with Crippen LogP contribution in [0.15, 0.2) is 41.4 Å². The van der Waals surface area contributed by atoms with Crippen molar-refractivity contribution in [1.29, 1.82) is 0 Å². The van der Waals surface area contributed by atoms with Gasteiger partial charge < -0.3 is 15.3 Å². The van der Waals surface area contributed by atoms with Crippen molar-refractivity contribution < 1.29 is 24.9 Å². The lowest BCUT2D eigenvalue weighted by atomic mass is 10.0. The van der Waals surface area contributed by atoms with Gasteiger partial charge in [0.1, 0.15) is 5.75 Å². The van der Waals surface area contributed by atoms with E-state index >= 15 is 0 Å².